The van der Waals surface area contributed by atoms with E-state index in [-0.39, 0.29) is 43.5 Å². The van der Waals surface area contributed by atoms with Crippen molar-refractivity contribution in [3.8, 4) is 0 Å². The number of ketones is 1. The molecule has 0 aliphatic carbocycles. The molecule has 0 saturated carbocycles. The minimum Gasteiger partial charge on any atom is -0.512 e. The van der Waals surface area contributed by atoms with Crippen LogP contribution < -0.4 is 0 Å². The van der Waals surface area contributed by atoms with Gasteiger partial charge in [0.15, 0.2) is 5.78 Å². The number of fused-ring (bicyclic) bond motifs is 7. The maximum absolute atomic E-state index is 11.7. The Hall–Kier alpha value is -3.01. The van der Waals surface area contributed by atoms with Gasteiger partial charge in [0.1, 0.15) is 0 Å². The van der Waals surface area contributed by atoms with Gasteiger partial charge in [-0.25, -0.2) is 0 Å². The Kier molecular flexibility index (Phi) is 10.9. The van der Waals surface area contributed by atoms with Gasteiger partial charge in [-0.05, 0) is 69.7 Å². The summed E-state index contributed by atoms with van der Waals surface area (Å²) in [5, 5.41) is 14.6. The number of allylic oxidation sites excluding steroid dienone is 2. The summed E-state index contributed by atoms with van der Waals surface area (Å²) in [6, 6.07) is 16.4. The fourth-order valence-corrected chi connectivity index (χ4v) is 6.01. The molecular weight excluding hydrogens is 685 g/mol. The number of hydrogen-bond acceptors (Lipinski definition) is 3. The molecule has 0 saturated heterocycles. The van der Waals surface area contributed by atoms with Crippen molar-refractivity contribution in [1.29, 1.82) is 0 Å². The van der Waals surface area contributed by atoms with Gasteiger partial charge in [-0.3, -0.25) is 9.78 Å². The quantitative estimate of drug-likeness (QED) is 0.0598. The van der Waals surface area contributed by atoms with Crippen LogP contribution in [0.4, 0.5) is 0 Å². The molecule has 4 nitrogen and oxygen atoms in total. The average Bonchev–Trinajstić information content (AvgIpc) is 3.19. The van der Waals surface area contributed by atoms with Crippen LogP contribution in [0.2, 0.25) is 0 Å². The zero-order chi connectivity index (χ0) is 29.1. The largest absolute Gasteiger partial charge is 0.512 e. The maximum atomic E-state index is 11.7. The first-order valence-electron chi connectivity index (χ1n) is 14.7. The van der Waals surface area contributed by atoms with Crippen molar-refractivity contribution in [2.45, 2.75) is 81.1 Å². The van der Waals surface area contributed by atoms with E-state index in [2.05, 4.69) is 68.5 Å². The molecule has 41 heavy (non-hydrogen) atoms. The van der Waals surface area contributed by atoms with E-state index in [4.69, 9.17) is 4.98 Å². The predicted octanol–water partition coefficient (Wildman–Crippen LogP) is 9.70. The van der Waals surface area contributed by atoms with E-state index < -0.39 is 0 Å². The number of pyridine rings is 2. The summed E-state index contributed by atoms with van der Waals surface area (Å²) >= 11 is 0. The van der Waals surface area contributed by atoms with E-state index in [9.17, 15) is 9.90 Å². The number of aliphatic hydroxyl groups excluding tert-OH is 1. The number of nitrogens with zero attached hydrogens (tertiary/aromatic N) is 2. The fraction of sp³-hybridized carbons (Fsp3) is 0.389. The second-order valence-electron chi connectivity index (χ2n) is 10.9. The van der Waals surface area contributed by atoms with Gasteiger partial charge < -0.3 is 9.51 Å². The first kappa shape index (κ1) is 32.5. The van der Waals surface area contributed by atoms with Crippen molar-refractivity contribution in [2.24, 2.45) is 11.8 Å². The van der Waals surface area contributed by atoms with Crippen molar-refractivity contribution in [1.82, 2.24) is 9.38 Å². The molecule has 0 aliphatic heterocycles. The third-order valence-electron chi connectivity index (χ3n) is 8.82. The van der Waals surface area contributed by atoms with E-state index in [1.54, 1.807) is 0 Å². The molecule has 0 aliphatic rings. The third kappa shape index (κ3) is 5.98. The van der Waals surface area contributed by atoms with Crippen molar-refractivity contribution in [3.63, 3.8) is 0 Å². The van der Waals surface area contributed by atoms with Gasteiger partial charge in [0.2, 0.25) is 0 Å². The van der Waals surface area contributed by atoms with Crippen molar-refractivity contribution in [2.75, 3.05) is 0 Å². The van der Waals surface area contributed by atoms with Crippen LogP contribution in [0, 0.1) is 45.6 Å². The molecule has 5 heteroatoms. The first-order valence-corrected chi connectivity index (χ1v) is 14.7. The molecule has 0 bridgehead atoms. The Morgan fingerprint density at radius 2 is 1.54 bits per heavy atom. The van der Waals surface area contributed by atoms with Gasteiger partial charge in [-0.1, -0.05) is 69.0 Å². The van der Waals surface area contributed by atoms with Gasteiger partial charge in [0.05, 0.1) is 5.76 Å². The van der Waals surface area contributed by atoms with E-state index in [1.165, 1.54) is 44.7 Å². The molecule has 1 N–H and O–H groups in total. The molecule has 5 aromatic rings. The van der Waals surface area contributed by atoms with Gasteiger partial charge in [0.25, 0.3) is 0 Å². The fourth-order valence-electron chi connectivity index (χ4n) is 6.01. The number of aliphatic hydroxyl groups is 1. The minimum absolute atomic E-state index is 0. The number of hydrogen-bond donors (Lipinski definition) is 1. The molecule has 0 atom stereocenters. The van der Waals surface area contributed by atoms with Gasteiger partial charge >= 0.3 is 0 Å². The van der Waals surface area contributed by atoms with E-state index in [0.29, 0.717) is 0 Å². The second-order valence-corrected chi connectivity index (χ2v) is 10.9. The number of carbonyl (C=O) groups excluding carboxylic acids is 1. The topological polar surface area (TPSA) is 54.6 Å². The van der Waals surface area contributed by atoms with Crippen LogP contribution in [0.3, 0.4) is 0 Å². The number of aryl methyl sites for hydroxylation is 3. The van der Waals surface area contributed by atoms with E-state index >= 15 is 0 Å². The molecule has 0 unspecified atom stereocenters. The Balaban J connectivity index is 0.000000253. The Morgan fingerprint density at radius 3 is 2.17 bits per heavy atom. The summed E-state index contributed by atoms with van der Waals surface area (Å²) in [4.78, 5) is 16.5. The standard InChI is InChI=1S/C23H19N2.C13H24O2.Ir/c1-13-14(2)23-21-15(3)18-9-6-5-8-17(18)12-19(21)22-20(10-7-11-24-22)25(23)16(13)4;1-5-10(6-2)12(14)9-13(15)11(7-3)8-4;/h5-11H,1-4H3;9-11,14H,5-8H2,1-4H3;/q-1;;/b;12-9-;. The normalized spacial score (nSPS) is 11.9. The van der Waals surface area contributed by atoms with Crippen LogP contribution in [0.15, 0.2) is 54.4 Å². The molecule has 5 rings (SSSR count). The summed E-state index contributed by atoms with van der Waals surface area (Å²) < 4.78 is 2.38. The minimum atomic E-state index is 0. The summed E-state index contributed by atoms with van der Waals surface area (Å²) in [5.74, 6) is 0.547. The summed E-state index contributed by atoms with van der Waals surface area (Å²) in [6.07, 6.45) is 6.79. The molecule has 0 amide bonds. The van der Waals surface area contributed by atoms with E-state index in [1.807, 2.05) is 40.0 Å². The molecule has 219 valence electrons. The number of rotatable bonds is 7. The number of benzene rings is 2. The Labute approximate surface area is 258 Å². The van der Waals surface area contributed by atoms with Crippen molar-refractivity contribution < 1.29 is 30.0 Å². The van der Waals surface area contributed by atoms with Gasteiger partial charge in [-0.15, -0.1) is 23.1 Å². The summed E-state index contributed by atoms with van der Waals surface area (Å²) in [5.41, 5.74) is 8.78. The van der Waals surface area contributed by atoms with E-state index in [0.717, 1.165) is 47.5 Å². The molecule has 1 radical (unpaired) electrons. The maximum Gasteiger partial charge on any atom is 0.162 e. The van der Waals surface area contributed by atoms with Crippen LogP contribution in [0.1, 0.15) is 75.8 Å². The summed E-state index contributed by atoms with van der Waals surface area (Å²) in [6.45, 7) is 16.9. The summed E-state index contributed by atoms with van der Waals surface area (Å²) in [7, 11) is 0. The van der Waals surface area contributed by atoms with Crippen molar-refractivity contribution in [3.05, 3.63) is 82.9 Å². The molecule has 3 heterocycles. The Morgan fingerprint density at radius 1 is 0.902 bits per heavy atom. The van der Waals surface area contributed by atoms with Crippen molar-refractivity contribution >= 4 is 43.9 Å². The smallest absolute Gasteiger partial charge is 0.162 e. The Bertz CT molecular complexity index is 1720. The monoisotopic (exact) mass is 728 g/mol. The second kappa shape index (κ2) is 13.8. The third-order valence-corrected chi connectivity index (χ3v) is 8.82. The van der Waals surface area contributed by atoms with Crippen LogP contribution in [-0.2, 0) is 24.9 Å². The van der Waals surface area contributed by atoms with Crippen LogP contribution in [-0.4, -0.2) is 20.3 Å². The molecule has 2 aromatic carbocycles. The number of carbonyl (C=O) groups is 1. The molecular formula is C36H43IrN2O2-. The molecule has 3 aromatic heterocycles. The number of aromatic nitrogens is 2. The van der Waals surface area contributed by atoms with Gasteiger partial charge in [0, 0.05) is 66.5 Å². The van der Waals surface area contributed by atoms with Crippen LogP contribution >= 0.6 is 0 Å². The van der Waals surface area contributed by atoms with Gasteiger partial charge in [-0.2, -0.15) is 0 Å². The SMILES string of the molecule is CCC(CC)C(=O)/C=C(\O)C(CC)CC.Cc1c(C)c2c3c(C)c4ccccc4[c-]c3c3ncccc3n2c1C.[Ir]. The predicted molar refractivity (Wildman–Crippen MR) is 169 cm³/mol. The first-order chi connectivity index (χ1) is 19.2. The average molecular weight is 728 g/mol. The zero-order valence-corrected chi connectivity index (χ0v) is 28.1. The zero-order valence-electron chi connectivity index (χ0n) is 25.7. The van der Waals surface area contributed by atoms with Crippen LogP contribution in [0.5, 0.6) is 0 Å². The molecule has 0 fully saturated rings. The molecule has 0 spiro atoms. The van der Waals surface area contributed by atoms with Crippen LogP contribution in [0.25, 0.3) is 38.1 Å².